The third-order valence-corrected chi connectivity index (χ3v) is 7.26. The Labute approximate surface area is 179 Å². The summed E-state index contributed by atoms with van der Waals surface area (Å²) in [6.07, 6.45) is 4.69. The molecule has 0 amide bonds. The fraction of sp³-hybridized carbons (Fsp3) is 0.280. The van der Waals surface area contributed by atoms with E-state index in [4.69, 9.17) is 4.98 Å². The summed E-state index contributed by atoms with van der Waals surface area (Å²) in [5.41, 5.74) is 4.81. The van der Waals surface area contributed by atoms with Crippen LogP contribution in [0.2, 0.25) is 0 Å². The van der Waals surface area contributed by atoms with Crippen LogP contribution in [0.4, 0.5) is 4.39 Å². The monoisotopic (exact) mass is 415 g/mol. The maximum atomic E-state index is 14.8. The normalized spacial score (nSPS) is 17.4. The van der Waals surface area contributed by atoms with E-state index >= 15 is 0 Å². The summed E-state index contributed by atoms with van der Waals surface area (Å²) >= 11 is 1.47. The van der Waals surface area contributed by atoms with Crippen LogP contribution >= 0.6 is 11.3 Å². The number of hydrogen-bond donors (Lipinski definition) is 1. The van der Waals surface area contributed by atoms with Gasteiger partial charge in [-0.25, -0.2) is 14.4 Å². The summed E-state index contributed by atoms with van der Waals surface area (Å²) in [5, 5.41) is 4.12. The van der Waals surface area contributed by atoms with Crippen molar-refractivity contribution in [3.05, 3.63) is 83.3 Å². The van der Waals surface area contributed by atoms with Crippen LogP contribution in [0.5, 0.6) is 0 Å². The smallest absolute Gasteiger partial charge is 0.144 e. The molecule has 4 aromatic rings. The van der Waals surface area contributed by atoms with Gasteiger partial charge in [-0.05, 0) is 61.1 Å². The topological polar surface area (TPSA) is 37.8 Å². The number of rotatable bonds is 6. The second-order valence-corrected chi connectivity index (χ2v) is 9.43. The van der Waals surface area contributed by atoms with Crippen LogP contribution in [0.1, 0.15) is 42.5 Å². The highest BCUT2D eigenvalue weighted by Crippen LogP contribution is 2.53. The average Bonchev–Trinajstić information content (AvgIpc) is 3.70. The van der Waals surface area contributed by atoms with Crippen molar-refractivity contribution in [2.75, 3.05) is 0 Å². The predicted octanol–water partition coefficient (Wildman–Crippen LogP) is 5.83. The zero-order chi connectivity index (χ0) is 20.1. The Bertz CT molecular complexity index is 1230. The summed E-state index contributed by atoms with van der Waals surface area (Å²) in [7, 11) is 0. The average molecular weight is 416 g/mol. The van der Waals surface area contributed by atoms with Crippen molar-refractivity contribution < 1.29 is 4.39 Å². The lowest BCUT2D eigenvalue weighted by Gasteiger charge is -2.14. The molecule has 0 radical (unpaired) electrons. The molecule has 0 aliphatic heterocycles. The molecule has 150 valence electrons. The molecule has 2 aromatic heterocycles. The van der Waals surface area contributed by atoms with Gasteiger partial charge in [-0.1, -0.05) is 47.7 Å². The lowest BCUT2D eigenvalue weighted by molar-refractivity contribution is 0.623. The van der Waals surface area contributed by atoms with Gasteiger partial charge < -0.3 is 5.32 Å². The van der Waals surface area contributed by atoms with Crippen molar-refractivity contribution in [3.8, 4) is 10.6 Å². The van der Waals surface area contributed by atoms with Crippen LogP contribution in [-0.2, 0) is 12.0 Å². The van der Waals surface area contributed by atoms with Gasteiger partial charge >= 0.3 is 0 Å². The molecule has 2 aromatic carbocycles. The summed E-state index contributed by atoms with van der Waals surface area (Å²) in [6.45, 7) is 0.716. The lowest BCUT2D eigenvalue weighted by Crippen LogP contribution is -2.15. The summed E-state index contributed by atoms with van der Waals surface area (Å²) in [4.78, 5) is 10.5. The van der Waals surface area contributed by atoms with Gasteiger partial charge in [0, 0.05) is 23.6 Å². The minimum Gasteiger partial charge on any atom is -0.310 e. The molecule has 5 heteroatoms. The SMILES string of the molecule is Fc1cc(CNC2CC2)ccc1-c1nc2ccc(C3(c4ccccc4)CC3)nc2s1. The van der Waals surface area contributed by atoms with E-state index in [1.165, 1.54) is 29.7 Å². The fourth-order valence-electron chi connectivity index (χ4n) is 4.17. The van der Waals surface area contributed by atoms with Crippen molar-refractivity contribution in [2.24, 2.45) is 0 Å². The molecular weight excluding hydrogens is 393 g/mol. The first-order valence-corrected chi connectivity index (χ1v) is 11.4. The molecule has 6 rings (SSSR count). The van der Waals surface area contributed by atoms with E-state index in [-0.39, 0.29) is 11.2 Å². The van der Waals surface area contributed by atoms with Gasteiger partial charge in [0.2, 0.25) is 0 Å². The highest BCUT2D eigenvalue weighted by molar-refractivity contribution is 7.21. The quantitative estimate of drug-likeness (QED) is 0.431. The summed E-state index contributed by atoms with van der Waals surface area (Å²) in [5.74, 6) is -0.215. The van der Waals surface area contributed by atoms with Crippen LogP contribution < -0.4 is 5.32 Å². The van der Waals surface area contributed by atoms with E-state index < -0.39 is 0 Å². The van der Waals surface area contributed by atoms with Crippen molar-refractivity contribution in [2.45, 2.75) is 43.7 Å². The Hall–Kier alpha value is -2.63. The molecule has 0 atom stereocenters. The largest absolute Gasteiger partial charge is 0.310 e. The third-order valence-electron chi connectivity index (χ3n) is 6.26. The van der Waals surface area contributed by atoms with E-state index in [2.05, 4.69) is 40.6 Å². The number of pyridine rings is 1. The number of nitrogens with one attached hydrogen (secondary N) is 1. The van der Waals surface area contributed by atoms with Gasteiger partial charge in [-0.2, -0.15) is 0 Å². The maximum absolute atomic E-state index is 14.8. The number of benzene rings is 2. The van der Waals surface area contributed by atoms with Crippen LogP contribution in [0.3, 0.4) is 0 Å². The maximum Gasteiger partial charge on any atom is 0.144 e. The van der Waals surface area contributed by atoms with Gasteiger partial charge in [-0.3, -0.25) is 0 Å². The Morgan fingerprint density at radius 2 is 1.83 bits per heavy atom. The Kier molecular flexibility index (Phi) is 4.22. The molecule has 2 saturated carbocycles. The molecule has 0 saturated heterocycles. The Balaban J connectivity index is 1.31. The number of nitrogens with zero attached hydrogens (tertiary/aromatic N) is 2. The summed E-state index contributed by atoms with van der Waals surface area (Å²) in [6, 6.07) is 20.8. The van der Waals surface area contributed by atoms with Crippen molar-refractivity contribution in [1.82, 2.24) is 15.3 Å². The van der Waals surface area contributed by atoms with Crippen LogP contribution in [0, 0.1) is 5.82 Å². The van der Waals surface area contributed by atoms with Crippen LogP contribution in [-0.4, -0.2) is 16.0 Å². The molecule has 0 unspecified atom stereocenters. The second-order valence-electron chi connectivity index (χ2n) is 8.46. The predicted molar refractivity (Wildman–Crippen MR) is 119 cm³/mol. The summed E-state index contributed by atoms with van der Waals surface area (Å²) < 4.78 is 14.8. The molecule has 0 bridgehead atoms. The zero-order valence-electron chi connectivity index (χ0n) is 16.6. The second kappa shape index (κ2) is 6.96. The first-order chi connectivity index (χ1) is 14.7. The standard InChI is InChI=1S/C25H22FN3S/c26-20-14-16(15-27-18-7-8-18)6-9-19(20)23-28-21-10-11-22(29-24(21)30-23)25(12-13-25)17-4-2-1-3-5-17/h1-6,9-11,14,18,27H,7-8,12-13,15H2. The Morgan fingerprint density at radius 1 is 1.00 bits per heavy atom. The highest BCUT2D eigenvalue weighted by atomic mass is 32.1. The number of thiazole rings is 1. The number of aromatic nitrogens is 2. The molecule has 2 fully saturated rings. The van der Waals surface area contributed by atoms with Gasteiger partial charge in [-0.15, -0.1) is 0 Å². The molecule has 1 N–H and O–H groups in total. The van der Waals surface area contributed by atoms with Gasteiger partial charge in [0.1, 0.15) is 21.2 Å². The van der Waals surface area contributed by atoms with Crippen LogP contribution in [0.15, 0.2) is 60.7 Å². The third kappa shape index (κ3) is 3.22. The molecular formula is C25H22FN3S. The number of halogens is 1. The van der Waals surface area contributed by atoms with E-state index in [1.54, 1.807) is 6.07 Å². The molecule has 3 nitrogen and oxygen atoms in total. The number of fused-ring (bicyclic) bond motifs is 1. The first kappa shape index (κ1) is 18.2. The molecule has 0 spiro atoms. The van der Waals surface area contributed by atoms with Crippen molar-refractivity contribution in [1.29, 1.82) is 0 Å². The van der Waals surface area contributed by atoms with Crippen LogP contribution in [0.25, 0.3) is 20.9 Å². The zero-order valence-corrected chi connectivity index (χ0v) is 17.4. The highest BCUT2D eigenvalue weighted by Gasteiger charge is 2.47. The molecule has 30 heavy (non-hydrogen) atoms. The van der Waals surface area contributed by atoms with Gasteiger partial charge in [0.05, 0.1) is 5.69 Å². The van der Waals surface area contributed by atoms with Crippen molar-refractivity contribution >= 4 is 21.7 Å². The fourth-order valence-corrected chi connectivity index (χ4v) is 5.13. The van der Waals surface area contributed by atoms with E-state index in [0.717, 1.165) is 34.4 Å². The van der Waals surface area contributed by atoms with E-state index in [0.29, 0.717) is 23.2 Å². The molecule has 2 heterocycles. The van der Waals surface area contributed by atoms with Gasteiger partial charge in [0.15, 0.2) is 0 Å². The first-order valence-electron chi connectivity index (χ1n) is 10.6. The Morgan fingerprint density at radius 3 is 2.57 bits per heavy atom. The number of hydrogen-bond acceptors (Lipinski definition) is 4. The minimum absolute atomic E-state index is 0.0288. The van der Waals surface area contributed by atoms with Gasteiger partial charge in [0.25, 0.3) is 0 Å². The van der Waals surface area contributed by atoms with Crippen molar-refractivity contribution in [3.63, 3.8) is 0 Å². The lowest BCUT2D eigenvalue weighted by atomic mass is 9.92. The minimum atomic E-state index is -0.215. The van der Waals surface area contributed by atoms with E-state index in [9.17, 15) is 4.39 Å². The molecule has 2 aliphatic carbocycles. The van der Waals surface area contributed by atoms with E-state index in [1.807, 2.05) is 24.3 Å². The molecule has 2 aliphatic rings.